The minimum Gasteiger partial charge on any atom is -0.389 e. The Bertz CT molecular complexity index is 1540. The average Bonchev–Trinajstić information content (AvgIpc) is 4.08. The van der Waals surface area contributed by atoms with Gasteiger partial charge in [0.1, 0.15) is 30.4 Å². The number of benzene rings is 1. The molecule has 14 N–H and O–H groups in total. The van der Waals surface area contributed by atoms with Crippen LogP contribution in [-0.2, 0) is 35.2 Å². The van der Waals surface area contributed by atoms with Gasteiger partial charge in [-0.3, -0.25) is 34.1 Å². The molecule has 2 aliphatic heterocycles. The predicted octanol–water partition coefficient (Wildman–Crippen LogP) is -4.27. The number of rotatable bonds is 16. The molecule has 13 unspecified atom stereocenters. The normalized spacial score (nSPS) is 28.7. The summed E-state index contributed by atoms with van der Waals surface area (Å²) in [5, 5.41) is 56.9. The minimum atomic E-state index is -1.44. The van der Waals surface area contributed by atoms with Gasteiger partial charge in [-0.05, 0) is 57.1 Å². The van der Waals surface area contributed by atoms with Crippen molar-refractivity contribution in [3.8, 4) is 0 Å². The lowest BCUT2D eigenvalue weighted by atomic mass is 10.00. The first-order valence-electron chi connectivity index (χ1n) is 20.4. The van der Waals surface area contributed by atoms with Gasteiger partial charge >= 0.3 is 0 Å². The Morgan fingerprint density at radius 1 is 0.717 bits per heavy atom. The SMILES string of the molecule is CNC1CCNC(=O)C(C(O)C2CN2)NC(=O)C(CCNP)NC(=O)C(CCNP)NC(=O)C(CC(C)C)NC(=O)C(Cc2ccccc2)NC(O)C(CCNP)NC1=O. The Kier molecular flexibility index (Phi) is 23.2. The van der Waals surface area contributed by atoms with Crippen LogP contribution in [0.2, 0.25) is 0 Å². The molecule has 0 saturated carbocycles. The molecule has 6 amide bonds. The van der Waals surface area contributed by atoms with E-state index in [1.807, 2.05) is 44.2 Å². The van der Waals surface area contributed by atoms with Gasteiger partial charge in [-0.15, -0.1) is 0 Å². The fraction of sp³-hybridized carbons (Fsp3) is 0.676. The summed E-state index contributed by atoms with van der Waals surface area (Å²) in [4.78, 5) is 83.4. The molecule has 0 radical (unpaired) electrons. The molecule has 13 atom stereocenters. The summed E-state index contributed by atoms with van der Waals surface area (Å²) in [6.07, 6.45) is -1.92. The highest BCUT2D eigenvalue weighted by molar-refractivity contribution is 7.14. The Morgan fingerprint density at radius 2 is 1.25 bits per heavy atom. The maximum absolute atomic E-state index is 14.2. The molecule has 20 nitrogen and oxygen atoms in total. The topological polar surface area (TPSA) is 297 Å². The number of nitrogens with one attached hydrogen (secondary N) is 12. The van der Waals surface area contributed by atoms with E-state index in [1.54, 1.807) is 7.05 Å². The molecule has 338 valence electrons. The first kappa shape index (κ1) is 51.4. The molecule has 0 aliphatic carbocycles. The fourth-order valence-corrected chi connectivity index (χ4v) is 7.20. The zero-order valence-electron chi connectivity index (χ0n) is 34.6. The molecule has 2 aliphatic rings. The quantitative estimate of drug-likeness (QED) is 0.0553. The summed E-state index contributed by atoms with van der Waals surface area (Å²) in [6, 6.07) is 0.953. The maximum atomic E-state index is 14.2. The van der Waals surface area contributed by atoms with Crippen LogP contribution < -0.4 is 63.1 Å². The van der Waals surface area contributed by atoms with Crippen molar-refractivity contribution in [2.45, 2.75) is 113 Å². The Morgan fingerprint density at radius 3 is 1.80 bits per heavy atom. The van der Waals surface area contributed by atoms with E-state index in [1.165, 1.54) is 0 Å². The van der Waals surface area contributed by atoms with Gasteiger partial charge in [-0.2, -0.15) is 0 Å². The van der Waals surface area contributed by atoms with Crippen LogP contribution in [0.15, 0.2) is 30.3 Å². The lowest BCUT2D eigenvalue weighted by molar-refractivity contribution is -0.136. The van der Waals surface area contributed by atoms with Crippen LogP contribution >= 0.6 is 28.2 Å². The van der Waals surface area contributed by atoms with E-state index in [0.29, 0.717) is 13.1 Å². The lowest BCUT2D eigenvalue weighted by Crippen LogP contribution is -2.62. The average molecular weight is 901 g/mol. The van der Waals surface area contributed by atoms with E-state index in [4.69, 9.17) is 0 Å². The molecule has 0 aromatic heterocycles. The minimum absolute atomic E-state index is 0.0350. The summed E-state index contributed by atoms with van der Waals surface area (Å²) < 4.78 is 0. The molecule has 23 heteroatoms. The first-order chi connectivity index (χ1) is 28.7. The third-order valence-corrected chi connectivity index (χ3v) is 11.1. The molecule has 2 saturated heterocycles. The third kappa shape index (κ3) is 17.4. The number of hydrogen-bond donors (Lipinski definition) is 14. The smallest absolute Gasteiger partial charge is 0.245 e. The predicted molar refractivity (Wildman–Crippen MR) is 237 cm³/mol. The molecular weight excluding hydrogens is 833 g/mol. The van der Waals surface area contributed by atoms with E-state index < -0.39 is 96.1 Å². The number of hydrogen-bond acceptors (Lipinski definition) is 14. The molecular formula is C37H67N12O8P3. The van der Waals surface area contributed by atoms with Crippen LogP contribution in [0.4, 0.5) is 0 Å². The number of aliphatic hydroxyl groups excluding tert-OH is 2. The highest BCUT2D eigenvalue weighted by atomic mass is 31.0. The van der Waals surface area contributed by atoms with Crippen LogP contribution in [0.3, 0.4) is 0 Å². The van der Waals surface area contributed by atoms with Gasteiger partial charge in [-0.25, -0.2) is 0 Å². The number of aliphatic hydroxyl groups is 2. The summed E-state index contributed by atoms with van der Waals surface area (Å²) in [7, 11) is 8.59. The molecule has 0 spiro atoms. The molecule has 3 rings (SSSR count). The van der Waals surface area contributed by atoms with Crippen LogP contribution in [0.25, 0.3) is 0 Å². The van der Waals surface area contributed by atoms with Gasteiger partial charge in [0.2, 0.25) is 35.4 Å². The first-order valence-corrected chi connectivity index (χ1v) is 22.1. The van der Waals surface area contributed by atoms with Gasteiger partial charge in [0.15, 0.2) is 0 Å². The van der Waals surface area contributed by atoms with Gasteiger partial charge < -0.3 is 68.0 Å². The molecule has 2 fully saturated rings. The summed E-state index contributed by atoms with van der Waals surface area (Å²) >= 11 is 0. The van der Waals surface area contributed by atoms with Crippen molar-refractivity contribution in [1.82, 2.24) is 63.1 Å². The molecule has 60 heavy (non-hydrogen) atoms. The van der Waals surface area contributed by atoms with Crippen molar-refractivity contribution < 1.29 is 39.0 Å². The second-order valence-electron chi connectivity index (χ2n) is 15.4. The van der Waals surface area contributed by atoms with Crippen molar-refractivity contribution in [2.75, 3.05) is 39.8 Å². The Labute approximate surface area is 359 Å². The van der Waals surface area contributed by atoms with Crippen molar-refractivity contribution in [1.29, 1.82) is 0 Å². The van der Waals surface area contributed by atoms with Crippen molar-refractivity contribution in [2.24, 2.45) is 5.92 Å². The van der Waals surface area contributed by atoms with Crippen LogP contribution in [0.1, 0.15) is 51.5 Å². The van der Waals surface area contributed by atoms with E-state index in [2.05, 4.69) is 91.3 Å². The van der Waals surface area contributed by atoms with Crippen LogP contribution in [0, 0.1) is 5.92 Å². The van der Waals surface area contributed by atoms with Gasteiger partial charge in [0.25, 0.3) is 0 Å². The number of carbonyl (C=O) groups is 6. The maximum Gasteiger partial charge on any atom is 0.245 e. The van der Waals surface area contributed by atoms with Crippen molar-refractivity contribution in [3.05, 3.63) is 35.9 Å². The standard InChI is InChI=1S/C37H67N12O8P3/c1-20(2)17-26-35(55)46-23(10-14-41-58)32(52)45-25(12-16-43-60)34(54)49-29(30(50)28-19-40-28)37(57)39-13-9-22(38-3)31(51)44-24(11-15-42-59)33(53)48-27(36(56)47-26)18-21-7-5-4-6-8-21/h4-8,20,22-30,33,38,40-43,48,50,53H,9-19,58-60H2,1-3H3,(H,39,57)(H,44,51)(H,45,52)(H,46,55)(H,47,56)(H,49,54). The Hall–Kier alpha value is -2.99. The van der Waals surface area contributed by atoms with Crippen LogP contribution in [-0.4, -0.2) is 146 Å². The highest BCUT2D eigenvalue weighted by Crippen LogP contribution is 2.13. The Balaban J connectivity index is 2.07. The monoisotopic (exact) mass is 900 g/mol. The second-order valence-corrected chi connectivity index (χ2v) is 16.6. The highest BCUT2D eigenvalue weighted by Gasteiger charge is 2.41. The molecule has 1 aromatic carbocycles. The number of amides is 6. The van der Waals surface area contributed by atoms with E-state index in [9.17, 15) is 39.0 Å². The number of likely N-dealkylation sites (N-methyl/N-ethyl adjacent to an activating group) is 1. The number of carbonyl (C=O) groups excluding carboxylic acids is 6. The fourth-order valence-electron chi connectivity index (χ4n) is 6.70. The lowest BCUT2D eigenvalue weighted by Gasteiger charge is -2.31. The summed E-state index contributed by atoms with van der Waals surface area (Å²) in [5.74, 6) is -3.92. The van der Waals surface area contributed by atoms with E-state index >= 15 is 0 Å². The second kappa shape index (κ2) is 27.2. The van der Waals surface area contributed by atoms with Gasteiger partial charge in [-0.1, -0.05) is 72.4 Å². The molecule has 1 aromatic rings. The zero-order valence-corrected chi connectivity index (χ0v) is 38.1. The van der Waals surface area contributed by atoms with Crippen molar-refractivity contribution in [3.63, 3.8) is 0 Å². The van der Waals surface area contributed by atoms with Crippen LogP contribution in [0.5, 0.6) is 0 Å². The largest absolute Gasteiger partial charge is 0.389 e. The van der Waals surface area contributed by atoms with Gasteiger partial charge in [0.05, 0.1) is 24.2 Å². The van der Waals surface area contributed by atoms with E-state index in [-0.39, 0.29) is 64.1 Å². The van der Waals surface area contributed by atoms with E-state index in [0.717, 1.165) is 5.56 Å². The third-order valence-electron chi connectivity index (χ3n) is 10.2. The van der Waals surface area contributed by atoms with Crippen molar-refractivity contribution >= 4 is 63.6 Å². The summed E-state index contributed by atoms with van der Waals surface area (Å²) in [6.45, 7) is 5.05. The van der Waals surface area contributed by atoms with Gasteiger partial charge in [0, 0.05) is 38.8 Å². The molecule has 0 bridgehead atoms. The summed E-state index contributed by atoms with van der Waals surface area (Å²) in [5.41, 5.74) is 0.768. The molecule has 2 heterocycles. The zero-order chi connectivity index (χ0) is 44.2.